The molecule has 1 nitrogen and oxygen atoms in total. The van der Waals surface area contributed by atoms with Crippen molar-refractivity contribution < 1.29 is 19.5 Å². The standard InChI is InChI=1S/C46H28O/c1-2-10-29(11-3-1)31-18-19-33-27-34(21-20-32(33)26-31)44-38-14-6-8-16-40(38)45(41-17-9-7-15-39(41)44)35-23-24-37-42-25-22-30-12-4-5-13-36(30)46(42)47-43(37)28-35/h1-28H/i1D,2D,3D,10D,11D,18D,19D,20D,21D,26D,27D. The molecule has 0 saturated heterocycles. The molecule has 0 aliphatic carbocycles. The smallest absolute Gasteiger partial charge is 0.143 e. The van der Waals surface area contributed by atoms with Crippen molar-refractivity contribution in [2.45, 2.75) is 0 Å². The SMILES string of the molecule is [2H]c1c([2H])c([2H])c(-c2c([2H])c([2H])c3c([2H])c(-c4c5ccccc5c(-c5ccc6c(c5)oc5c7ccccc7ccc65)c5ccccc45)c([2H])c([2H])c3c2[2H])c([2H])c1[2H]. The average molecular weight is 608 g/mol. The van der Waals surface area contributed by atoms with Gasteiger partial charge in [0.2, 0.25) is 0 Å². The van der Waals surface area contributed by atoms with Gasteiger partial charge in [0.25, 0.3) is 0 Å². The third kappa shape index (κ3) is 4.03. The van der Waals surface area contributed by atoms with Gasteiger partial charge in [-0.05, 0) is 101 Å². The summed E-state index contributed by atoms with van der Waals surface area (Å²) in [5.41, 5.74) is 2.99. The van der Waals surface area contributed by atoms with E-state index in [1.165, 1.54) is 0 Å². The minimum Gasteiger partial charge on any atom is -0.455 e. The quantitative estimate of drug-likeness (QED) is 0.182. The summed E-state index contributed by atoms with van der Waals surface area (Å²) in [6, 6.07) is 27.5. The number of fused-ring (bicyclic) bond motifs is 8. The Hall–Kier alpha value is -6.18. The van der Waals surface area contributed by atoms with E-state index in [-0.39, 0.29) is 28.4 Å². The van der Waals surface area contributed by atoms with Gasteiger partial charge in [0, 0.05) is 16.2 Å². The predicted molar refractivity (Wildman–Crippen MR) is 200 cm³/mol. The van der Waals surface area contributed by atoms with Crippen molar-refractivity contribution in [1.29, 1.82) is 0 Å². The summed E-state index contributed by atoms with van der Waals surface area (Å²) in [6.45, 7) is 0. The normalized spacial score (nSPS) is 15.1. The molecule has 0 atom stereocenters. The molecule has 0 aliphatic heterocycles. The van der Waals surface area contributed by atoms with E-state index < -0.39 is 65.5 Å². The summed E-state index contributed by atoms with van der Waals surface area (Å²) in [5, 5.41) is 6.62. The highest BCUT2D eigenvalue weighted by Crippen LogP contribution is 2.45. The Bertz CT molecular complexity index is 3390. The maximum atomic E-state index is 9.61. The molecule has 0 unspecified atom stereocenters. The molecule has 0 spiro atoms. The van der Waals surface area contributed by atoms with Crippen molar-refractivity contribution in [3.8, 4) is 33.4 Å². The Labute approximate surface area is 287 Å². The second-order valence-corrected chi connectivity index (χ2v) is 11.6. The first-order chi connectivity index (χ1) is 27.9. The minimum absolute atomic E-state index is 0.0546. The van der Waals surface area contributed by atoms with E-state index in [1.807, 2.05) is 66.7 Å². The molecule has 0 aliphatic rings. The molecule has 10 aromatic rings. The van der Waals surface area contributed by atoms with E-state index in [0.717, 1.165) is 54.6 Å². The fourth-order valence-electron chi connectivity index (χ4n) is 6.87. The topological polar surface area (TPSA) is 13.1 Å². The van der Waals surface area contributed by atoms with Crippen molar-refractivity contribution in [1.82, 2.24) is 0 Å². The van der Waals surface area contributed by atoms with Crippen LogP contribution in [0.2, 0.25) is 0 Å². The molecule has 0 fully saturated rings. The molecule has 0 bridgehead atoms. The summed E-state index contributed by atoms with van der Waals surface area (Å²) in [5.74, 6) is 0. The maximum absolute atomic E-state index is 9.61. The van der Waals surface area contributed by atoms with Crippen LogP contribution in [0, 0.1) is 0 Å². The zero-order valence-corrected chi connectivity index (χ0v) is 24.7. The Morgan fingerprint density at radius 3 is 1.66 bits per heavy atom. The summed E-state index contributed by atoms with van der Waals surface area (Å²) in [6.07, 6.45) is 0. The molecule has 47 heavy (non-hydrogen) atoms. The molecular formula is C46H28O. The monoisotopic (exact) mass is 607 g/mol. The molecule has 0 N–H and O–H groups in total. The van der Waals surface area contributed by atoms with Crippen LogP contribution in [0.4, 0.5) is 0 Å². The first-order valence-corrected chi connectivity index (χ1v) is 15.3. The average Bonchev–Trinajstić information content (AvgIpc) is 3.62. The predicted octanol–water partition coefficient (Wildman–Crippen LogP) is 13.2. The lowest BCUT2D eigenvalue weighted by Crippen LogP contribution is -1.91. The summed E-state index contributed by atoms with van der Waals surface area (Å²) in [7, 11) is 0. The van der Waals surface area contributed by atoms with Gasteiger partial charge in [-0.2, -0.15) is 0 Å². The molecule has 9 aromatic carbocycles. The number of furan rings is 1. The van der Waals surface area contributed by atoms with Crippen molar-refractivity contribution >= 4 is 65.0 Å². The van der Waals surface area contributed by atoms with Crippen molar-refractivity contribution in [3.05, 3.63) is 170 Å². The fourth-order valence-corrected chi connectivity index (χ4v) is 6.87. The van der Waals surface area contributed by atoms with E-state index in [0.29, 0.717) is 16.3 Å². The first kappa shape index (κ1) is 17.5. The van der Waals surface area contributed by atoms with E-state index in [4.69, 9.17) is 14.0 Å². The van der Waals surface area contributed by atoms with Crippen LogP contribution >= 0.6 is 0 Å². The second-order valence-electron chi connectivity index (χ2n) is 11.6. The van der Waals surface area contributed by atoms with E-state index in [9.17, 15) is 5.48 Å². The molecule has 0 amide bonds. The van der Waals surface area contributed by atoms with Crippen LogP contribution in [-0.4, -0.2) is 0 Å². The molecule has 1 aromatic heterocycles. The number of benzene rings is 9. The van der Waals surface area contributed by atoms with Crippen molar-refractivity contribution in [2.75, 3.05) is 0 Å². The van der Waals surface area contributed by atoms with Gasteiger partial charge in [0.15, 0.2) is 0 Å². The van der Waals surface area contributed by atoms with Gasteiger partial charge in [0.05, 0.1) is 15.1 Å². The summed E-state index contributed by atoms with van der Waals surface area (Å²) < 4.78 is 104. The third-order valence-electron chi connectivity index (χ3n) is 8.96. The zero-order valence-electron chi connectivity index (χ0n) is 35.7. The van der Waals surface area contributed by atoms with Crippen molar-refractivity contribution in [2.24, 2.45) is 0 Å². The minimum atomic E-state index is -0.668. The van der Waals surface area contributed by atoms with Crippen LogP contribution in [-0.2, 0) is 0 Å². The Morgan fingerprint density at radius 2 is 0.957 bits per heavy atom. The van der Waals surface area contributed by atoms with Gasteiger partial charge in [0.1, 0.15) is 11.2 Å². The highest BCUT2D eigenvalue weighted by Gasteiger charge is 2.18. The largest absolute Gasteiger partial charge is 0.455 e. The lowest BCUT2D eigenvalue weighted by molar-refractivity contribution is 0.673. The second kappa shape index (κ2) is 10.2. The molecule has 10 rings (SSSR count). The van der Waals surface area contributed by atoms with Gasteiger partial charge in [-0.1, -0.05) is 139 Å². The van der Waals surface area contributed by atoms with E-state index in [2.05, 4.69) is 36.4 Å². The lowest BCUT2D eigenvalue weighted by atomic mass is 9.85. The molecule has 1 heteroatoms. The Morgan fingerprint density at radius 1 is 0.383 bits per heavy atom. The summed E-state index contributed by atoms with van der Waals surface area (Å²) >= 11 is 0. The maximum Gasteiger partial charge on any atom is 0.143 e. The molecule has 0 radical (unpaired) electrons. The van der Waals surface area contributed by atoms with Gasteiger partial charge in [-0.3, -0.25) is 0 Å². The zero-order chi connectivity index (χ0) is 40.5. The Balaban J connectivity index is 1.26. The van der Waals surface area contributed by atoms with Crippen LogP contribution in [0.5, 0.6) is 0 Å². The number of hydrogen-bond acceptors (Lipinski definition) is 1. The number of rotatable bonds is 3. The van der Waals surface area contributed by atoms with Gasteiger partial charge in [-0.25, -0.2) is 0 Å². The lowest BCUT2D eigenvalue weighted by Gasteiger charge is -2.18. The molecule has 0 saturated carbocycles. The van der Waals surface area contributed by atoms with Gasteiger partial charge < -0.3 is 4.42 Å². The van der Waals surface area contributed by atoms with Crippen molar-refractivity contribution in [3.63, 3.8) is 0 Å². The van der Waals surface area contributed by atoms with Crippen LogP contribution in [0.1, 0.15) is 15.1 Å². The van der Waals surface area contributed by atoms with Gasteiger partial charge in [-0.15, -0.1) is 0 Å². The molecule has 1 heterocycles. The summed E-state index contributed by atoms with van der Waals surface area (Å²) in [4.78, 5) is 0. The van der Waals surface area contributed by atoms with Crippen LogP contribution in [0.15, 0.2) is 174 Å². The highest BCUT2D eigenvalue weighted by atomic mass is 16.3. The van der Waals surface area contributed by atoms with Crippen LogP contribution < -0.4 is 0 Å². The first-order valence-electron chi connectivity index (χ1n) is 20.8. The van der Waals surface area contributed by atoms with E-state index in [1.54, 1.807) is 0 Å². The molecular weight excluding hydrogens is 569 g/mol. The van der Waals surface area contributed by atoms with Crippen LogP contribution in [0.25, 0.3) is 98.4 Å². The highest BCUT2D eigenvalue weighted by molar-refractivity contribution is 6.23. The van der Waals surface area contributed by atoms with E-state index >= 15 is 0 Å². The molecule has 218 valence electrons. The van der Waals surface area contributed by atoms with Crippen LogP contribution in [0.3, 0.4) is 0 Å². The van der Waals surface area contributed by atoms with Gasteiger partial charge >= 0.3 is 0 Å². The fraction of sp³-hybridized carbons (Fsp3) is 0. The number of hydrogen-bond donors (Lipinski definition) is 0. The third-order valence-corrected chi connectivity index (χ3v) is 8.96. The Kier molecular flexibility index (Phi) is 3.79.